The number of piperidine rings is 1. The number of carboxylic acids is 1. The van der Waals surface area contributed by atoms with Gasteiger partial charge in [-0.3, -0.25) is 14.9 Å². The highest BCUT2D eigenvalue weighted by atomic mass is 35.5. The Labute approximate surface area is 152 Å². The second-order valence-electron chi connectivity index (χ2n) is 6.54. The van der Waals surface area contributed by atoms with Crippen LogP contribution in [0.25, 0.3) is 0 Å². The second-order valence-corrected chi connectivity index (χ2v) is 6.95. The lowest BCUT2D eigenvalue weighted by atomic mass is 9.96. The van der Waals surface area contributed by atoms with E-state index >= 15 is 0 Å². The number of carbonyl (C=O) groups is 1. The molecule has 0 bridgehead atoms. The van der Waals surface area contributed by atoms with Crippen LogP contribution >= 0.6 is 11.6 Å². The molecule has 2 N–H and O–H groups in total. The number of hydrogen-bond acceptors (Lipinski definition) is 5. The first kappa shape index (κ1) is 19.5. The third-order valence-corrected chi connectivity index (χ3v) is 5.15. The van der Waals surface area contributed by atoms with Gasteiger partial charge in [0.25, 0.3) is 5.69 Å². The molecule has 1 unspecified atom stereocenters. The van der Waals surface area contributed by atoms with Crippen LogP contribution in [0.2, 0.25) is 5.02 Å². The lowest BCUT2D eigenvalue weighted by molar-refractivity contribution is -0.384. The summed E-state index contributed by atoms with van der Waals surface area (Å²) in [5.74, 6) is -0.990. The van der Waals surface area contributed by atoms with E-state index in [2.05, 4.69) is 10.2 Å². The highest BCUT2D eigenvalue weighted by Crippen LogP contribution is 2.31. The number of aliphatic carboxylic acids is 1. The zero-order valence-electron chi connectivity index (χ0n) is 14.5. The Bertz CT molecular complexity index is 645. The van der Waals surface area contributed by atoms with Crippen molar-refractivity contribution in [2.45, 2.75) is 39.2 Å². The fourth-order valence-corrected chi connectivity index (χ4v) is 3.27. The second kappa shape index (κ2) is 8.49. The Morgan fingerprint density at radius 1 is 1.48 bits per heavy atom. The summed E-state index contributed by atoms with van der Waals surface area (Å²) in [6.07, 6.45) is 2.08. The average Bonchev–Trinajstić information content (AvgIpc) is 2.57. The monoisotopic (exact) mass is 369 g/mol. The third-order valence-electron chi connectivity index (χ3n) is 4.74. The summed E-state index contributed by atoms with van der Waals surface area (Å²) in [7, 11) is 0. The molecule has 1 aliphatic rings. The van der Waals surface area contributed by atoms with Gasteiger partial charge in [-0.1, -0.05) is 18.5 Å². The molecule has 1 saturated heterocycles. The average molecular weight is 370 g/mol. The molecule has 0 aliphatic carbocycles. The largest absolute Gasteiger partial charge is 0.481 e. The number of likely N-dealkylation sites (tertiary alicyclic amines) is 1. The molecule has 0 spiro atoms. The van der Waals surface area contributed by atoms with E-state index in [4.69, 9.17) is 16.7 Å². The molecule has 0 radical (unpaired) electrons. The van der Waals surface area contributed by atoms with Gasteiger partial charge in [0.1, 0.15) is 5.69 Å². The highest BCUT2D eigenvalue weighted by molar-refractivity contribution is 6.31. The van der Waals surface area contributed by atoms with Crippen molar-refractivity contribution in [2.24, 2.45) is 5.92 Å². The molecule has 7 nitrogen and oxygen atoms in total. The summed E-state index contributed by atoms with van der Waals surface area (Å²) in [5, 5.41) is 24.1. The molecule has 1 fully saturated rings. The Hall–Kier alpha value is -1.86. The molecule has 0 saturated carbocycles. The van der Waals surface area contributed by atoms with Crippen LogP contribution in [0, 0.1) is 23.0 Å². The summed E-state index contributed by atoms with van der Waals surface area (Å²) in [6.45, 7) is 5.93. The minimum atomic E-state index is -0.727. The van der Waals surface area contributed by atoms with Crippen molar-refractivity contribution in [3.05, 3.63) is 32.8 Å². The van der Waals surface area contributed by atoms with Crippen LogP contribution in [0.15, 0.2) is 12.1 Å². The zero-order chi connectivity index (χ0) is 18.6. The Morgan fingerprint density at radius 2 is 2.12 bits per heavy atom. The Balaban J connectivity index is 2.04. The number of benzene rings is 1. The SMILES string of the molecule is CCC(CN1CCC(C(=O)O)CC1)Nc1cc(Cl)c(C)cc1[N+](=O)[O-]. The summed E-state index contributed by atoms with van der Waals surface area (Å²) in [4.78, 5) is 24.1. The van der Waals surface area contributed by atoms with Gasteiger partial charge in [-0.2, -0.15) is 0 Å². The number of nitrogens with one attached hydrogen (secondary N) is 1. The third kappa shape index (κ3) is 5.06. The van der Waals surface area contributed by atoms with Crippen molar-refractivity contribution in [1.82, 2.24) is 4.90 Å². The van der Waals surface area contributed by atoms with Gasteiger partial charge < -0.3 is 15.3 Å². The maximum Gasteiger partial charge on any atom is 0.306 e. The number of nitrogens with zero attached hydrogens (tertiary/aromatic N) is 2. The number of rotatable bonds is 7. The predicted molar refractivity (Wildman–Crippen MR) is 97.3 cm³/mol. The molecule has 0 amide bonds. The van der Waals surface area contributed by atoms with Gasteiger partial charge in [0.2, 0.25) is 0 Å². The van der Waals surface area contributed by atoms with Gasteiger partial charge >= 0.3 is 5.97 Å². The van der Waals surface area contributed by atoms with Crippen LogP contribution in [-0.4, -0.2) is 46.6 Å². The quantitative estimate of drug-likeness (QED) is 0.563. The van der Waals surface area contributed by atoms with Crippen LogP contribution < -0.4 is 5.32 Å². The van der Waals surface area contributed by atoms with Gasteiger partial charge in [-0.05, 0) is 50.9 Å². The number of halogens is 1. The molecule has 8 heteroatoms. The number of hydrogen-bond donors (Lipinski definition) is 2. The fraction of sp³-hybridized carbons (Fsp3) is 0.588. The lowest BCUT2D eigenvalue weighted by Gasteiger charge is -2.33. The normalized spacial score (nSPS) is 17.2. The minimum Gasteiger partial charge on any atom is -0.481 e. The van der Waals surface area contributed by atoms with Crippen LogP contribution in [0.3, 0.4) is 0 Å². The fourth-order valence-electron chi connectivity index (χ4n) is 3.10. The molecule has 1 heterocycles. The number of carboxylic acid groups (broad SMARTS) is 1. The van der Waals surface area contributed by atoms with Crippen molar-refractivity contribution in [2.75, 3.05) is 25.0 Å². The van der Waals surface area contributed by atoms with Gasteiger partial charge in [0, 0.05) is 23.7 Å². The zero-order valence-corrected chi connectivity index (χ0v) is 15.3. The van der Waals surface area contributed by atoms with E-state index in [0.717, 1.165) is 19.5 Å². The lowest BCUT2D eigenvalue weighted by Crippen LogP contribution is -2.42. The van der Waals surface area contributed by atoms with Gasteiger partial charge in [0.05, 0.1) is 10.8 Å². The Morgan fingerprint density at radius 3 is 2.64 bits per heavy atom. The molecule has 1 aliphatic heterocycles. The van der Waals surface area contributed by atoms with Crippen molar-refractivity contribution in [1.29, 1.82) is 0 Å². The molecule has 2 rings (SSSR count). The Kier molecular flexibility index (Phi) is 6.61. The number of anilines is 1. The van der Waals surface area contributed by atoms with E-state index in [-0.39, 0.29) is 17.6 Å². The van der Waals surface area contributed by atoms with Crippen LogP contribution in [0.5, 0.6) is 0 Å². The first-order valence-corrected chi connectivity index (χ1v) is 8.85. The summed E-state index contributed by atoms with van der Waals surface area (Å²) in [5.41, 5.74) is 1.11. The molecule has 1 aromatic carbocycles. The first-order valence-electron chi connectivity index (χ1n) is 8.48. The van der Waals surface area contributed by atoms with Crippen LogP contribution in [0.4, 0.5) is 11.4 Å². The molecule has 0 aromatic heterocycles. The predicted octanol–water partition coefficient (Wildman–Crippen LogP) is 3.54. The van der Waals surface area contributed by atoms with Gasteiger partial charge in [-0.15, -0.1) is 0 Å². The highest BCUT2D eigenvalue weighted by Gasteiger charge is 2.26. The maximum absolute atomic E-state index is 11.3. The number of nitro benzene ring substituents is 1. The number of nitro groups is 1. The molecule has 1 atom stereocenters. The summed E-state index contributed by atoms with van der Waals surface area (Å²) < 4.78 is 0. The van der Waals surface area contributed by atoms with Crippen molar-refractivity contribution in [3.63, 3.8) is 0 Å². The van der Waals surface area contributed by atoms with E-state index in [1.807, 2.05) is 6.92 Å². The van der Waals surface area contributed by atoms with Crippen LogP contribution in [-0.2, 0) is 4.79 Å². The van der Waals surface area contributed by atoms with Crippen molar-refractivity contribution < 1.29 is 14.8 Å². The molecular formula is C17H24ClN3O4. The van der Waals surface area contributed by atoms with Crippen molar-refractivity contribution >= 4 is 28.9 Å². The van der Waals surface area contributed by atoms with E-state index in [0.29, 0.717) is 35.7 Å². The van der Waals surface area contributed by atoms with E-state index < -0.39 is 10.9 Å². The van der Waals surface area contributed by atoms with Gasteiger partial charge in [0.15, 0.2) is 0 Å². The minimum absolute atomic E-state index is 0.0185. The molecule has 25 heavy (non-hydrogen) atoms. The van der Waals surface area contributed by atoms with Crippen LogP contribution in [0.1, 0.15) is 31.7 Å². The van der Waals surface area contributed by atoms with E-state index in [9.17, 15) is 14.9 Å². The molecule has 1 aromatic rings. The topological polar surface area (TPSA) is 95.7 Å². The van der Waals surface area contributed by atoms with E-state index in [1.54, 1.807) is 13.0 Å². The summed E-state index contributed by atoms with van der Waals surface area (Å²) >= 11 is 6.13. The summed E-state index contributed by atoms with van der Waals surface area (Å²) in [6, 6.07) is 3.11. The van der Waals surface area contributed by atoms with Gasteiger partial charge in [-0.25, -0.2) is 0 Å². The smallest absolute Gasteiger partial charge is 0.306 e. The standard InChI is InChI=1S/C17H24ClN3O4/c1-3-13(10-20-6-4-12(5-7-20)17(22)23)19-15-9-14(18)11(2)8-16(15)21(24)25/h8-9,12-13,19H,3-7,10H2,1-2H3,(H,22,23). The van der Waals surface area contributed by atoms with E-state index in [1.165, 1.54) is 6.07 Å². The van der Waals surface area contributed by atoms with Crippen molar-refractivity contribution in [3.8, 4) is 0 Å². The molecular weight excluding hydrogens is 346 g/mol. The first-order chi connectivity index (χ1) is 11.8. The molecule has 138 valence electrons. The number of aryl methyl sites for hydroxylation is 1. The maximum atomic E-state index is 11.3.